The zero-order valence-electron chi connectivity index (χ0n) is 32.3. The van der Waals surface area contributed by atoms with Gasteiger partial charge in [0.2, 0.25) is 17.7 Å². The SMILES string of the molecule is CC(C)C[C@H](NC(=O)[C@@H](NC(=O)[C@H](CCCN=C(N)N)NC(=O)OCc1ccccc1)c1ccccc1)[C@@H](O)CC(=O)NCCc1ccccc1.O=C(O)C(F)(F)F. The van der Waals surface area contributed by atoms with Gasteiger partial charge < -0.3 is 47.7 Å². The van der Waals surface area contributed by atoms with Crippen molar-refractivity contribution in [1.82, 2.24) is 21.3 Å². The minimum absolute atomic E-state index is 0.00528. The van der Waals surface area contributed by atoms with Gasteiger partial charge in [0.1, 0.15) is 18.7 Å². The molecule has 0 bridgehead atoms. The quantitative estimate of drug-likeness (QED) is 0.0469. The minimum Gasteiger partial charge on any atom is -0.475 e. The normalized spacial score (nSPS) is 12.9. The van der Waals surface area contributed by atoms with Crippen LogP contribution < -0.4 is 32.7 Å². The average Bonchev–Trinajstić information content (AvgIpc) is 3.17. The Balaban J connectivity index is 0.00000151. The number of rotatable bonds is 20. The molecule has 15 nitrogen and oxygen atoms in total. The molecule has 0 spiro atoms. The minimum atomic E-state index is -5.08. The number of nitrogens with zero attached hydrogens (tertiary/aromatic N) is 1. The summed E-state index contributed by atoms with van der Waals surface area (Å²) in [5.41, 5.74) is 13.2. The number of guanidine groups is 1. The zero-order valence-corrected chi connectivity index (χ0v) is 32.3. The maximum atomic E-state index is 13.9. The Kier molecular flexibility index (Phi) is 20.8. The topological polar surface area (TPSA) is 248 Å². The molecule has 58 heavy (non-hydrogen) atoms. The number of aliphatic hydroxyl groups is 1. The number of carbonyl (C=O) groups excluding carboxylic acids is 4. The molecule has 3 aromatic rings. The first kappa shape index (κ1) is 48.0. The Bertz CT molecular complexity index is 1750. The smallest absolute Gasteiger partial charge is 0.475 e. The highest BCUT2D eigenvalue weighted by Crippen LogP contribution is 2.18. The van der Waals surface area contributed by atoms with Crippen LogP contribution in [0, 0.1) is 5.92 Å². The number of nitrogens with one attached hydrogen (secondary N) is 4. The number of benzene rings is 3. The highest BCUT2D eigenvalue weighted by Gasteiger charge is 2.38. The molecular weight excluding hydrogens is 763 g/mol. The van der Waals surface area contributed by atoms with Crippen molar-refractivity contribution in [2.24, 2.45) is 22.4 Å². The van der Waals surface area contributed by atoms with E-state index in [4.69, 9.17) is 26.1 Å². The number of aliphatic imine (C=N–C) groups is 1. The number of carboxylic acids is 1. The van der Waals surface area contributed by atoms with Gasteiger partial charge in [0.05, 0.1) is 18.6 Å². The van der Waals surface area contributed by atoms with Gasteiger partial charge in [0, 0.05) is 13.1 Å². The van der Waals surface area contributed by atoms with Crippen LogP contribution in [0.15, 0.2) is 96.0 Å². The van der Waals surface area contributed by atoms with E-state index in [2.05, 4.69) is 26.3 Å². The number of hydrogen-bond acceptors (Lipinski definition) is 8. The molecule has 3 rings (SSSR count). The molecule has 0 radical (unpaired) electrons. The standard InChI is InChI=1S/C38H51N7O6.C2HF3O2/c1-26(2)23-31(32(46)24-33(47)41-22-20-27-13-6-3-7-14-27)43-36(49)34(29-17-10-5-11-18-29)45-35(48)30(19-12-21-42-37(39)40)44-38(50)51-25-28-15-8-4-9-16-28;3-2(4,5)1(6)7/h3-11,13-18,26,30-32,34,46H,12,19-25H2,1-2H3,(H,41,47)(H,43,49)(H,44,50)(H,45,48)(H4,39,40,42);(H,6,7)/t30-,31-,32-,34-;/m0./s1. The molecule has 4 atom stereocenters. The molecule has 0 heterocycles. The van der Waals surface area contributed by atoms with Gasteiger partial charge in [-0.3, -0.25) is 19.4 Å². The summed E-state index contributed by atoms with van der Waals surface area (Å²) in [6.07, 6.45) is -5.81. The third-order valence-electron chi connectivity index (χ3n) is 8.18. The molecule has 0 aliphatic rings. The van der Waals surface area contributed by atoms with Crippen LogP contribution in [-0.2, 0) is 36.9 Å². The van der Waals surface area contributed by atoms with Crippen LogP contribution in [0.1, 0.15) is 62.3 Å². The summed E-state index contributed by atoms with van der Waals surface area (Å²) in [4.78, 5) is 66.1. The van der Waals surface area contributed by atoms with E-state index in [9.17, 15) is 37.5 Å². The molecular formula is C40H52F3N7O8. The Morgan fingerprint density at radius 1 is 0.810 bits per heavy atom. The monoisotopic (exact) mass is 815 g/mol. The van der Waals surface area contributed by atoms with Gasteiger partial charge in [-0.05, 0) is 48.3 Å². The number of amides is 4. The maximum Gasteiger partial charge on any atom is 0.490 e. The molecule has 0 aliphatic heterocycles. The lowest BCUT2D eigenvalue weighted by Gasteiger charge is -2.29. The summed E-state index contributed by atoms with van der Waals surface area (Å²) in [7, 11) is 0. The first-order valence-corrected chi connectivity index (χ1v) is 18.4. The van der Waals surface area contributed by atoms with Crippen LogP contribution in [0.2, 0.25) is 0 Å². The van der Waals surface area contributed by atoms with E-state index in [-0.39, 0.29) is 43.8 Å². The second-order valence-corrected chi connectivity index (χ2v) is 13.5. The Morgan fingerprint density at radius 3 is 1.90 bits per heavy atom. The number of aliphatic hydroxyl groups excluding tert-OH is 1. The number of carboxylic acid groups (broad SMARTS) is 1. The fraction of sp³-hybridized carbons (Fsp3) is 0.400. The van der Waals surface area contributed by atoms with E-state index < -0.39 is 54.3 Å². The van der Waals surface area contributed by atoms with Crippen LogP contribution in [0.4, 0.5) is 18.0 Å². The average molecular weight is 816 g/mol. The molecule has 0 fully saturated rings. The van der Waals surface area contributed by atoms with Crippen molar-refractivity contribution >= 4 is 35.7 Å². The molecule has 0 unspecified atom stereocenters. The molecule has 0 aromatic heterocycles. The molecule has 0 saturated carbocycles. The number of aliphatic carboxylic acids is 1. The molecule has 4 amide bonds. The van der Waals surface area contributed by atoms with E-state index in [1.807, 2.05) is 62.4 Å². The summed E-state index contributed by atoms with van der Waals surface area (Å²) >= 11 is 0. The number of ether oxygens (including phenoxy) is 1. The van der Waals surface area contributed by atoms with Crippen LogP contribution in [0.5, 0.6) is 0 Å². The lowest BCUT2D eigenvalue weighted by atomic mass is 9.96. The summed E-state index contributed by atoms with van der Waals surface area (Å²) < 4.78 is 37.1. The lowest BCUT2D eigenvalue weighted by Crippen LogP contribution is -2.53. The number of hydrogen-bond donors (Lipinski definition) is 8. The Morgan fingerprint density at radius 2 is 1.36 bits per heavy atom. The van der Waals surface area contributed by atoms with E-state index >= 15 is 0 Å². The van der Waals surface area contributed by atoms with Crippen LogP contribution in [0.25, 0.3) is 0 Å². The fourth-order valence-electron chi connectivity index (χ4n) is 5.35. The second kappa shape index (κ2) is 25.2. The summed E-state index contributed by atoms with van der Waals surface area (Å²) in [5, 5.41) is 29.4. The van der Waals surface area contributed by atoms with Gasteiger partial charge in [0.25, 0.3) is 0 Å². The predicted octanol–water partition coefficient (Wildman–Crippen LogP) is 3.47. The first-order valence-electron chi connectivity index (χ1n) is 18.4. The van der Waals surface area contributed by atoms with Crippen LogP contribution in [0.3, 0.4) is 0 Å². The highest BCUT2D eigenvalue weighted by molar-refractivity contribution is 5.92. The molecule has 18 heteroatoms. The number of alkyl halides is 3. The summed E-state index contributed by atoms with van der Waals surface area (Å²) in [6.45, 7) is 4.49. The predicted molar refractivity (Wildman–Crippen MR) is 210 cm³/mol. The van der Waals surface area contributed by atoms with E-state index in [0.29, 0.717) is 31.4 Å². The second-order valence-electron chi connectivity index (χ2n) is 13.5. The van der Waals surface area contributed by atoms with Crippen molar-refractivity contribution in [3.63, 3.8) is 0 Å². The van der Waals surface area contributed by atoms with Gasteiger partial charge in [-0.2, -0.15) is 13.2 Å². The largest absolute Gasteiger partial charge is 0.490 e. The van der Waals surface area contributed by atoms with Gasteiger partial charge in [-0.15, -0.1) is 0 Å². The molecule has 0 saturated heterocycles. The molecule has 10 N–H and O–H groups in total. The van der Waals surface area contributed by atoms with Crippen LogP contribution >= 0.6 is 0 Å². The highest BCUT2D eigenvalue weighted by atomic mass is 19.4. The Hall–Kier alpha value is -6.17. The van der Waals surface area contributed by atoms with Gasteiger partial charge in [0.15, 0.2) is 5.96 Å². The van der Waals surface area contributed by atoms with Gasteiger partial charge >= 0.3 is 18.2 Å². The maximum absolute atomic E-state index is 13.9. The van der Waals surface area contributed by atoms with Crippen molar-refractivity contribution in [3.05, 3.63) is 108 Å². The summed E-state index contributed by atoms with van der Waals surface area (Å²) in [5.74, 6) is -4.36. The lowest BCUT2D eigenvalue weighted by molar-refractivity contribution is -0.192. The van der Waals surface area contributed by atoms with Crippen molar-refractivity contribution in [2.45, 2.75) is 83.0 Å². The van der Waals surface area contributed by atoms with Gasteiger partial charge in [-0.1, -0.05) is 105 Å². The van der Waals surface area contributed by atoms with E-state index in [0.717, 1.165) is 11.1 Å². The van der Waals surface area contributed by atoms with Gasteiger partial charge in [-0.25, -0.2) is 9.59 Å². The van der Waals surface area contributed by atoms with E-state index in [1.165, 1.54) is 0 Å². The molecule has 3 aromatic carbocycles. The third kappa shape index (κ3) is 19.6. The number of alkyl carbamates (subject to hydrolysis) is 1. The van der Waals surface area contributed by atoms with E-state index in [1.54, 1.807) is 42.5 Å². The van der Waals surface area contributed by atoms with Crippen molar-refractivity contribution in [1.29, 1.82) is 0 Å². The molecule has 316 valence electrons. The number of nitrogens with two attached hydrogens (primary N) is 2. The fourth-order valence-corrected chi connectivity index (χ4v) is 5.35. The van der Waals surface area contributed by atoms with Crippen molar-refractivity contribution in [2.75, 3.05) is 13.1 Å². The Labute approximate surface area is 334 Å². The van der Waals surface area contributed by atoms with Crippen LogP contribution in [-0.4, -0.2) is 83.4 Å². The van der Waals surface area contributed by atoms with Crippen molar-refractivity contribution in [3.8, 4) is 0 Å². The first-order chi connectivity index (χ1) is 27.5. The summed E-state index contributed by atoms with van der Waals surface area (Å²) in [6, 6.07) is 24.3. The third-order valence-corrected chi connectivity index (χ3v) is 8.18. The van der Waals surface area contributed by atoms with Crippen molar-refractivity contribution < 1.29 is 52.1 Å². The molecule has 0 aliphatic carbocycles. The number of halogens is 3. The zero-order chi connectivity index (χ0) is 43.1. The number of carbonyl (C=O) groups is 5.